The standard InChI is InChI=1S/C44H54N4O8S2.2ClH/c1-51-35-29-39(53-3)37(40(30-35)54-4)13-11-33-15-23-47(24-16-33)21-7-9-43(49)45-19-27-57-58-28-20-46-44(50)10-8-22-48-25-17-34(18-26-48)12-14-38-41(55-5)31-36(52-2)32-42(38)56-6;;/h11-18,23-26,29-32H,7-10,19-22,27-28H2,1-6H3;2*1H. The van der Waals surface area contributed by atoms with Gasteiger partial charge in [-0.2, -0.15) is 0 Å². The second-order valence-corrected chi connectivity index (χ2v) is 15.5. The van der Waals surface area contributed by atoms with Crippen LogP contribution in [-0.4, -0.2) is 79.1 Å². The third-order valence-corrected chi connectivity index (χ3v) is 11.4. The number of aromatic nitrogens is 2. The summed E-state index contributed by atoms with van der Waals surface area (Å²) in [6, 6.07) is 15.4. The van der Waals surface area contributed by atoms with Crippen molar-refractivity contribution < 1.29 is 72.0 Å². The predicted octanol–water partition coefficient (Wildman–Crippen LogP) is 0.536. The van der Waals surface area contributed by atoms with Crippen LogP contribution in [0.4, 0.5) is 0 Å². The van der Waals surface area contributed by atoms with E-state index in [2.05, 4.69) is 19.8 Å². The lowest BCUT2D eigenvalue weighted by atomic mass is 10.1. The normalized spacial score (nSPS) is 10.7. The van der Waals surface area contributed by atoms with Crippen LogP contribution in [0.15, 0.2) is 73.3 Å². The lowest BCUT2D eigenvalue weighted by molar-refractivity contribution is -0.697. The molecule has 0 radical (unpaired) electrons. The molecule has 0 aliphatic carbocycles. The van der Waals surface area contributed by atoms with E-state index in [0.29, 0.717) is 60.4 Å². The molecule has 2 N–H and O–H groups in total. The molecule has 4 rings (SSSR count). The number of nitrogens with one attached hydrogen (secondary N) is 2. The summed E-state index contributed by atoms with van der Waals surface area (Å²) in [7, 11) is 13.1. The SMILES string of the molecule is COc1cc(OC)c(C=Cc2cc[n+](CCCC(=O)NCCSSCCNC(=O)CCC[n+]3ccc(C=Cc4c(OC)cc(OC)cc4OC)cc3)cc2)c(OC)c1.[Cl-].[Cl-]. The molecule has 0 spiro atoms. The van der Waals surface area contributed by atoms with Crippen molar-refractivity contribution in [3.8, 4) is 34.5 Å². The Morgan fingerprint density at radius 3 is 1.17 bits per heavy atom. The third kappa shape index (κ3) is 17.1. The molecule has 2 amide bonds. The Hall–Kier alpha value is -4.76. The maximum absolute atomic E-state index is 12.3. The summed E-state index contributed by atoms with van der Waals surface area (Å²) in [5, 5.41) is 6.00. The number of pyridine rings is 2. The van der Waals surface area contributed by atoms with E-state index in [1.165, 1.54) is 0 Å². The van der Waals surface area contributed by atoms with Crippen LogP contribution in [0.2, 0.25) is 0 Å². The molecule has 0 unspecified atom stereocenters. The molecule has 0 atom stereocenters. The highest BCUT2D eigenvalue weighted by atomic mass is 35.5. The summed E-state index contributed by atoms with van der Waals surface area (Å²) in [6.45, 7) is 2.72. The highest BCUT2D eigenvalue weighted by Crippen LogP contribution is 2.36. The molecule has 60 heavy (non-hydrogen) atoms. The first-order chi connectivity index (χ1) is 28.3. The fourth-order valence-corrected chi connectivity index (χ4v) is 7.63. The van der Waals surface area contributed by atoms with Crippen LogP contribution in [0, 0.1) is 0 Å². The van der Waals surface area contributed by atoms with Crippen molar-refractivity contribution in [1.29, 1.82) is 0 Å². The average Bonchev–Trinajstić information content (AvgIpc) is 3.25. The smallest absolute Gasteiger partial charge is 0.220 e. The lowest BCUT2D eigenvalue weighted by Crippen LogP contribution is -3.00. The Balaban J connectivity index is 0.00000620. The highest BCUT2D eigenvalue weighted by Gasteiger charge is 2.13. The predicted molar refractivity (Wildman–Crippen MR) is 233 cm³/mol. The molecule has 0 bridgehead atoms. The monoisotopic (exact) mass is 902 g/mol. The molecule has 0 saturated carbocycles. The third-order valence-electron chi connectivity index (χ3n) is 8.96. The van der Waals surface area contributed by atoms with Crippen LogP contribution in [0.1, 0.15) is 47.9 Å². The molecular formula is C44H56Cl2N4O8S2. The maximum Gasteiger partial charge on any atom is 0.220 e. The second-order valence-electron chi connectivity index (χ2n) is 12.8. The largest absolute Gasteiger partial charge is 1.00 e. The summed E-state index contributed by atoms with van der Waals surface area (Å²) in [4.78, 5) is 24.7. The number of nitrogens with zero attached hydrogens (tertiary/aromatic N) is 2. The number of ether oxygens (including phenoxy) is 6. The van der Waals surface area contributed by atoms with Gasteiger partial charge in [0, 0.05) is 98.8 Å². The van der Waals surface area contributed by atoms with Gasteiger partial charge in [-0.3, -0.25) is 9.59 Å². The second kappa shape index (κ2) is 28.7. The van der Waals surface area contributed by atoms with Crippen LogP contribution >= 0.6 is 21.6 Å². The summed E-state index contributed by atoms with van der Waals surface area (Å²) in [5.74, 6) is 5.70. The van der Waals surface area contributed by atoms with Gasteiger partial charge >= 0.3 is 0 Å². The summed E-state index contributed by atoms with van der Waals surface area (Å²) in [6.07, 6.45) is 18.4. The summed E-state index contributed by atoms with van der Waals surface area (Å²) >= 11 is 0. The fraction of sp³-hybridized carbons (Fsp3) is 0.364. The molecule has 16 heteroatoms. The molecule has 0 saturated heterocycles. The number of amides is 2. The number of hydrogen-bond acceptors (Lipinski definition) is 10. The molecule has 4 aromatic rings. The summed E-state index contributed by atoms with van der Waals surface area (Å²) in [5.41, 5.74) is 3.72. The quantitative estimate of drug-likeness (QED) is 0.0555. The molecule has 326 valence electrons. The van der Waals surface area contributed by atoms with Crippen molar-refractivity contribution in [2.45, 2.75) is 38.8 Å². The van der Waals surface area contributed by atoms with E-state index in [4.69, 9.17) is 28.4 Å². The minimum absolute atomic E-state index is 0. The average molecular weight is 904 g/mol. The van der Waals surface area contributed by atoms with Gasteiger partial charge in [-0.1, -0.05) is 33.7 Å². The molecule has 0 aliphatic heterocycles. The number of carbonyl (C=O) groups is 2. The number of rotatable bonds is 25. The Morgan fingerprint density at radius 1 is 0.533 bits per heavy atom. The minimum atomic E-state index is 0. The summed E-state index contributed by atoms with van der Waals surface area (Å²) < 4.78 is 36.9. The fourth-order valence-electron chi connectivity index (χ4n) is 5.81. The van der Waals surface area contributed by atoms with Crippen molar-refractivity contribution in [2.75, 3.05) is 67.3 Å². The van der Waals surface area contributed by atoms with E-state index < -0.39 is 0 Å². The number of carbonyl (C=O) groups excluding carboxylic acids is 2. The van der Waals surface area contributed by atoms with Crippen molar-refractivity contribution in [3.63, 3.8) is 0 Å². The van der Waals surface area contributed by atoms with Gasteiger partial charge in [0.1, 0.15) is 47.6 Å². The molecule has 2 aromatic heterocycles. The van der Waals surface area contributed by atoms with Crippen molar-refractivity contribution in [1.82, 2.24) is 10.6 Å². The lowest BCUT2D eigenvalue weighted by Gasteiger charge is -2.12. The van der Waals surface area contributed by atoms with E-state index >= 15 is 0 Å². The van der Waals surface area contributed by atoms with E-state index in [1.807, 2.05) is 97.6 Å². The van der Waals surface area contributed by atoms with Gasteiger partial charge in [0.05, 0.1) is 53.8 Å². The first-order valence-electron chi connectivity index (χ1n) is 19.0. The number of methoxy groups -OCH3 is 6. The van der Waals surface area contributed by atoms with Crippen LogP contribution in [-0.2, 0) is 22.7 Å². The Bertz CT molecular complexity index is 1780. The van der Waals surface area contributed by atoms with E-state index in [0.717, 1.165) is 59.7 Å². The van der Waals surface area contributed by atoms with Gasteiger partial charge in [0.15, 0.2) is 24.8 Å². The van der Waals surface area contributed by atoms with Gasteiger partial charge in [-0.05, 0) is 23.3 Å². The van der Waals surface area contributed by atoms with Gasteiger partial charge in [0.25, 0.3) is 0 Å². The molecule has 12 nitrogen and oxygen atoms in total. The van der Waals surface area contributed by atoms with Gasteiger partial charge < -0.3 is 63.9 Å². The van der Waals surface area contributed by atoms with E-state index in [9.17, 15) is 9.59 Å². The zero-order valence-corrected chi connectivity index (χ0v) is 38.2. The van der Waals surface area contributed by atoms with Crippen LogP contribution in [0.3, 0.4) is 0 Å². The van der Waals surface area contributed by atoms with Crippen LogP contribution in [0.5, 0.6) is 34.5 Å². The van der Waals surface area contributed by atoms with Crippen molar-refractivity contribution in [3.05, 3.63) is 95.6 Å². The molecular weight excluding hydrogens is 848 g/mol. The van der Waals surface area contributed by atoms with Crippen molar-refractivity contribution >= 4 is 57.7 Å². The molecule has 2 aromatic carbocycles. The van der Waals surface area contributed by atoms with E-state index in [-0.39, 0.29) is 36.6 Å². The zero-order chi connectivity index (χ0) is 41.5. The Kier molecular flexibility index (Phi) is 24.5. The van der Waals surface area contributed by atoms with E-state index in [1.54, 1.807) is 64.2 Å². The number of aryl methyl sites for hydroxylation is 2. The maximum atomic E-state index is 12.3. The minimum Gasteiger partial charge on any atom is -1.00 e. The van der Waals surface area contributed by atoms with Crippen molar-refractivity contribution in [2.24, 2.45) is 0 Å². The van der Waals surface area contributed by atoms with Gasteiger partial charge in [-0.25, -0.2) is 9.13 Å². The number of hydrogen-bond donors (Lipinski definition) is 2. The molecule has 2 heterocycles. The van der Waals surface area contributed by atoms with Gasteiger partial charge in [-0.15, -0.1) is 0 Å². The van der Waals surface area contributed by atoms with Gasteiger partial charge in [0.2, 0.25) is 11.8 Å². The Morgan fingerprint density at radius 2 is 0.867 bits per heavy atom. The number of benzene rings is 2. The van der Waals surface area contributed by atoms with Crippen LogP contribution in [0.25, 0.3) is 24.3 Å². The number of halogens is 2. The topological polar surface area (TPSA) is 121 Å². The highest BCUT2D eigenvalue weighted by molar-refractivity contribution is 8.76. The first kappa shape index (κ1) is 51.4. The molecule has 0 fully saturated rings. The van der Waals surface area contributed by atoms with Crippen LogP contribution < -0.4 is 73.0 Å². The first-order valence-corrected chi connectivity index (χ1v) is 21.5. The zero-order valence-electron chi connectivity index (χ0n) is 35.0. The Labute approximate surface area is 374 Å². The molecule has 0 aliphatic rings.